The lowest BCUT2D eigenvalue weighted by Crippen LogP contribution is -2.40. The topological polar surface area (TPSA) is 43.9 Å². The van der Waals surface area contributed by atoms with E-state index < -0.39 is 0 Å². The van der Waals surface area contributed by atoms with Crippen molar-refractivity contribution < 1.29 is 9.59 Å². The fourth-order valence-electron chi connectivity index (χ4n) is 6.88. The minimum absolute atomic E-state index is 0.0549. The van der Waals surface area contributed by atoms with Gasteiger partial charge in [0.2, 0.25) is 5.91 Å². The number of rotatable bonds is 4. The van der Waals surface area contributed by atoms with Crippen molar-refractivity contribution in [2.45, 2.75) is 58.9 Å². The molecule has 2 fully saturated rings. The molecule has 1 saturated carbocycles. The van der Waals surface area contributed by atoms with Crippen LogP contribution in [0.25, 0.3) is 0 Å². The standard InChI is InChI=1S/C29H37N3O2/c1-28(2)16-24-17-29(3,19-28)20-32(24)27(34)22-11-13-23(14-12-22)30(4)26(33)18-31-15-7-9-21-8-5-6-10-25(21)31/h5-6,8,10-14,24H,7,9,15-20H2,1-4H3. The van der Waals surface area contributed by atoms with Crippen LogP contribution < -0.4 is 9.80 Å². The molecule has 0 radical (unpaired) electrons. The third-order valence-electron chi connectivity index (χ3n) is 8.08. The molecule has 34 heavy (non-hydrogen) atoms. The molecule has 5 rings (SSSR count). The van der Waals surface area contributed by atoms with E-state index in [-0.39, 0.29) is 22.6 Å². The zero-order valence-corrected chi connectivity index (χ0v) is 21.0. The van der Waals surface area contributed by atoms with Crippen molar-refractivity contribution in [3.05, 3.63) is 59.7 Å². The van der Waals surface area contributed by atoms with Crippen molar-refractivity contribution >= 4 is 23.2 Å². The number of hydrogen-bond donors (Lipinski definition) is 0. The zero-order chi connectivity index (χ0) is 24.1. The van der Waals surface area contributed by atoms with Crippen LogP contribution in [-0.2, 0) is 11.2 Å². The summed E-state index contributed by atoms with van der Waals surface area (Å²) in [4.78, 5) is 32.4. The first-order valence-corrected chi connectivity index (χ1v) is 12.6. The van der Waals surface area contributed by atoms with E-state index in [1.807, 2.05) is 37.4 Å². The number of nitrogens with zero attached hydrogens (tertiary/aromatic N) is 3. The second kappa shape index (κ2) is 8.44. The fourth-order valence-corrected chi connectivity index (χ4v) is 6.88. The highest BCUT2D eigenvalue weighted by atomic mass is 16.2. The van der Waals surface area contributed by atoms with Gasteiger partial charge < -0.3 is 14.7 Å². The summed E-state index contributed by atoms with van der Waals surface area (Å²) < 4.78 is 0. The van der Waals surface area contributed by atoms with Crippen LogP contribution >= 0.6 is 0 Å². The molecule has 3 aliphatic rings. The summed E-state index contributed by atoms with van der Waals surface area (Å²) in [6.07, 6.45) is 5.49. The fraction of sp³-hybridized carbons (Fsp3) is 0.517. The van der Waals surface area contributed by atoms with Crippen LogP contribution in [0.5, 0.6) is 0 Å². The van der Waals surface area contributed by atoms with E-state index in [4.69, 9.17) is 0 Å². The number of aryl methyl sites for hydroxylation is 1. The minimum atomic E-state index is 0.0549. The number of likely N-dealkylation sites (tertiary alicyclic amines) is 1. The van der Waals surface area contributed by atoms with Crippen LogP contribution in [0.4, 0.5) is 11.4 Å². The van der Waals surface area contributed by atoms with Crippen molar-refractivity contribution in [1.29, 1.82) is 0 Å². The third kappa shape index (κ3) is 4.33. The van der Waals surface area contributed by atoms with Crippen LogP contribution in [0.1, 0.15) is 62.4 Å². The Kier molecular flexibility index (Phi) is 5.70. The van der Waals surface area contributed by atoms with E-state index in [1.54, 1.807) is 4.90 Å². The summed E-state index contributed by atoms with van der Waals surface area (Å²) in [5.74, 6) is 0.177. The van der Waals surface area contributed by atoms with Gasteiger partial charge in [-0.15, -0.1) is 0 Å². The van der Waals surface area contributed by atoms with E-state index in [9.17, 15) is 9.59 Å². The molecule has 2 bridgehead atoms. The molecule has 2 aliphatic heterocycles. The van der Waals surface area contributed by atoms with Crippen LogP contribution in [0.15, 0.2) is 48.5 Å². The van der Waals surface area contributed by atoms with Crippen LogP contribution in [-0.4, -0.2) is 49.4 Å². The Bertz CT molecular complexity index is 1090. The quantitative estimate of drug-likeness (QED) is 0.636. The lowest BCUT2D eigenvalue weighted by molar-refractivity contribution is -0.117. The molecule has 2 aromatic carbocycles. The normalized spacial score (nSPS) is 25.1. The Balaban J connectivity index is 1.25. The predicted molar refractivity (Wildman–Crippen MR) is 137 cm³/mol. The summed E-state index contributed by atoms with van der Waals surface area (Å²) in [7, 11) is 1.82. The van der Waals surface area contributed by atoms with Crippen molar-refractivity contribution in [2.24, 2.45) is 10.8 Å². The van der Waals surface area contributed by atoms with E-state index in [2.05, 4.69) is 48.8 Å². The van der Waals surface area contributed by atoms with Crippen molar-refractivity contribution in [1.82, 2.24) is 4.90 Å². The van der Waals surface area contributed by atoms with Crippen molar-refractivity contribution in [2.75, 3.05) is 36.5 Å². The maximum Gasteiger partial charge on any atom is 0.254 e. The highest BCUT2D eigenvalue weighted by Crippen LogP contribution is 2.52. The van der Waals surface area contributed by atoms with Gasteiger partial charge in [0, 0.05) is 43.1 Å². The van der Waals surface area contributed by atoms with Gasteiger partial charge in [-0.25, -0.2) is 0 Å². The Labute approximate surface area is 203 Å². The number of carbonyl (C=O) groups is 2. The molecule has 2 heterocycles. The number of benzene rings is 2. The van der Waals surface area contributed by atoms with Gasteiger partial charge >= 0.3 is 0 Å². The molecule has 2 aromatic rings. The molecular formula is C29H37N3O2. The number of hydrogen-bond acceptors (Lipinski definition) is 3. The van der Waals surface area contributed by atoms with Gasteiger partial charge in [0.1, 0.15) is 0 Å². The van der Waals surface area contributed by atoms with Gasteiger partial charge in [0.05, 0.1) is 6.54 Å². The van der Waals surface area contributed by atoms with E-state index in [1.165, 1.54) is 17.7 Å². The van der Waals surface area contributed by atoms with Crippen LogP contribution in [0.2, 0.25) is 0 Å². The molecule has 5 heteroatoms. The number of fused-ring (bicyclic) bond motifs is 3. The lowest BCUT2D eigenvalue weighted by atomic mass is 9.65. The number of carbonyl (C=O) groups excluding carboxylic acids is 2. The summed E-state index contributed by atoms with van der Waals surface area (Å²) in [6, 6.07) is 16.3. The third-order valence-corrected chi connectivity index (χ3v) is 8.08. The van der Waals surface area contributed by atoms with Gasteiger partial charge in [-0.3, -0.25) is 9.59 Å². The SMILES string of the molecule is CN(C(=O)CN1CCCc2ccccc21)c1ccc(C(=O)N2CC3(C)CC2CC(C)(C)C3)cc1. The minimum Gasteiger partial charge on any atom is -0.362 e. The molecular weight excluding hydrogens is 422 g/mol. The maximum absolute atomic E-state index is 13.4. The van der Waals surface area contributed by atoms with E-state index in [0.29, 0.717) is 18.2 Å². The monoisotopic (exact) mass is 459 g/mol. The van der Waals surface area contributed by atoms with Crippen LogP contribution in [0, 0.1) is 10.8 Å². The Morgan fingerprint density at radius 1 is 1.03 bits per heavy atom. The van der Waals surface area contributed by atoms with Crippen molar-refractivity contribution in [3.63, 3.8) is 0 Å². The number of para-hydroxylation sites is 1. The zero-order valence-electron chi connectivity index (χ0n) is 21.0. The van der Waals surface area contributed by atoms with Gasteiger partial charge in [0.25, 0.3) is 5.91 Å². The highest BCUT2D eigenvalue weighted by Gasteiger charge is 2.51. The molecule has 5 nitrogen and oxygen atoms in total. The van der Waals surface area contributed by atoms with Crippen molar-refractivity contribution in [3.8, 4) is 0 Å². The Hall–Kier alpha value is -2.82. The first-order valence-electron chi connectivity index (χ1n) is 12.6. The second-order valence-corrected chi connectivity index (χ2v) is 11.8. The Morgan fingerprint density at radius 3 is 2.53 bits per heavy atom. The molecule has 1 aliphatic carbocycles. The summed E-state index contributed by atoms with van der Waals surface area (Å²) in [6.45, 7) is 9.09. The summed E-state index contributed by atoms with van der Waals surface area (Å²) in [5, 5.41) is 0. The van der Waals surface area contributed by atoms with Gasteiger partial charge in [-0.05, 0) is 78.8 Å². The first-order chi connectivity index (χ1) is 16.1. The maximum atomic E-state index is 13.4. The molecule has 0 N–H and O–H groups in total. The largest absolute Gasteiger partial charge is 0.362 e. The highest BCUT2D eigenvalue weighted by molar-refractivity contribution is 5.98. The van der Waals surface area contributed by atoms with Gasteiger partial charge in [-0.1, -0.05) is 39.0 Å². The van der Waals surface area contributed by atoms with Crippen LogP contribution in [0.3, 0.4) is 0 Å². The van der Waals surface area contributed by atoms with E-state index in [0.717, 1.165) is 44.5 Å². The van der Waals surface area contributed by atoms with Gasteiger partial charge in [-0.2, -0.15) is 0 Å². The molecule has 1 saturated heterocycles. The molecule has 2 amide bonds. The summed E-state index contributed by atoms with van der Waals surface area (Å²) in [5.41, 5.74) is 4.53. The number of likely N-dealkylation sites (N-methyl/N-ethyl adjacent to an activating group) is 1. The lowest BCUT2D eigenvalue weighted by Gasteiger charge is -2.39. The Morgan fingerprint density at radius 2 is 1.76 bits per heavy atom. The first kappa shape index (κ1) is 22.9. The molecule has 2 atom stereocenters. The molecule has 2 unspecified atom stereocenters. The second-order valence-electron chi connectivity index (χ2n) is 11.8. The van der Waals surface area contributed by atoms with E-state index >= 15 is 0 Å². The summed E-state index contributed by atoms with van der Waals surface area (Å²) >= 11 is 0. The predicted octanol–water partition coefficient (Wildman–Crippen LogP) is 5.14. The average molecular weight is 460 g/mol. The number of amides is 2. The smallest absolute Gasteiger partial charge is 0.254 e. The number of anilines is 2. The molecule has 0 aromatic heterocycles. The molecule has 0 spiro atoms. The van der Waals surface area contributed by atoms with Gasteiger partial charge in [0.15, 0.2) is 0 Å². The molecule has 180 valence electrons. The average Bonchev–Trinajstić information content (AvgIpc) is 3.07.